The lowest BCUT2D eigenvalue weighted by atomic mass is 9.93. The Morgan fingerprint density at radius 3 is 1.24 bits per heavy atom. The largest absolute Gasteiger partial charge is 0.259 e. The third kappa shape index (κ3) is 6.86. The second-order valence-electron chi connectivity index (χ2n) is 11.9. The van der Waals surface area contributed by atoms with Gasteiger partial charge in [-0.2, -0.15) is 0 Å². The molecule has 2 saturated heterocycles. The van der Waals surface area contributed by atoms with Gasteiger partial charge in [0.15, 0.2) is 0 Å². The van der Waals surface area contributed by atoms with Gasteiger partial charge in [0.2, 0.25) is 0 Å². The third-order valence-electron chi connectivity index (χ3n) is 9.33. The molecule has 6 atom stereocenters. The molecule has 212 valence electrons. The standard InChI is InChI=1S/C38H45NP2/c1-2-3-28-39(40-29-35(31-16-8-4-9-17-31)24-26-37(40)33-20-12-6-13-21-33)41-30-36(32-18-10-5-11-19-32)25-27-38(41)34-22-14-7-15-23-34/h4-23,35-38H,2-3,24-30H2,1H3/t35-,36-,37+,38+,40?,41?/m0/s1. The molecule has 0 saturated carbocycles. The number of rotatable bonds is 9. The summed E-state index contributed by atoms with van der Waals surface area (Å²) in [5, 5.41) is 0. The van der Waals surface area contributed by atoms with Crippen molar-refractivity contribution in [3.05, 3.63) is 144 Å². The number of hydrogen-bond donors (Lipinski definition) is 0. The zero-order valence-electron chi connectivity index (χ0n) is 24.6. The lowest BCUT2D eigenvalue weighted by Crippen LogP contribution is -2.29. The van der Waals surface area contributed by atoms with E-state index >= 15 is 0 Å². The van der Waals surface area contributed by atoms with Gasteiger partial charge in [-0.15, -0.1) is 0 Å². The number of nitrogens with zero attached hydrogens (tertiary/aromatic N) is 1. The van der Waals surface area contributed by atoms with Crippen LogP contribution in [-0.2, 0) is 0 Å². The van der Waals surface area contributed by atoms with Crippen LogP contribution < -0.4 is 0 Å². The minimum atomic E-state index is -0.315. The molecule has 2 fully saturated rings. The predicted molar refractivity (Wildman–Crippen MR) is 180 cm³/mol. The second-order valence-corrected chi connectivity index (χ2v) is 16.9. The van der Waals surface area contributed by atoms with Gasteiger partial charge >= 0.3 is 0 Å². The molecular weight excluding hydrogens is 532 g/mol. The summed E-state index contributed by atoms with van der Waals surface area (Å²) in [4.78, 5) is 0. The number of hydrogen-bond acceptors (Lipinski definition) is 1. The van der Waals surface area contributed by atoms with Crippen molar-refractivity contribution in [1.29, 1.82) is 0 Å². The molecule has 3 heteroatoms. The maximum Gasteiger partial charge on any atom is 0.0177 e. The van der Waals surface area contributed by atoms with E-state index in [2.05, 4.69) is 133 Å². The first-order chi connectivity index (χ1) is 20.3. The van der Waals surface area contributed by atoms with Crippen LogP contribution in [0.4, 0.5) is 0 Å². The third-order valence-corrected chi connectivity index (χ3v) is 16.5. The highest BCUT2D eigenvalue weighted by molar-refractivity contribution is 7.70. The van der Waals surface area contributed by atoms with Gasteiger partial charge in [0.25, 0.3) is 0 Å². The Bertz CT molecular complexity index is 1210. The molecule has 6 rings (SSSR count). The van der Waals surface area contributed by atoms with Crippen molar-refractivity contribution in [3.8, 4) is 0 Å². The summed E-state index contributed by atoms with van der Waals surface area (Å²) >= 11 is 0. The molecule has 2 heterocycles. The highest BCUT2D eigenvalue weighted by atomic mass is 31.2. The maximum absolute atomic E-state index is 3.19. The van der Waals surface area contributed by atoms with Crippen molar-refractivity contribution in [2.45, 2.75) is 68.6 Å². The fourth-order valence-electron chi connectivity index (χ4n) is 7.14. The summed E-state index contributed by atoms with van der Waals surface area (Å²) in [6, 6.07) is 46.1. The van der Waals surface area contributed by atoms with Gasteiger partial charge in [0.05, 0.1) is 0 Å². The quantitative estimate of drug-likeness (QED) is 0.179. The van der Waals surface area contributed by atoms with Gasteiger partial charge in [-0.1, -0.05) is 135 Å². The average Bonchev–Trinajstić information content (AvgIpc) is 3.06. The van der Waals surface area contributed by atoms with Crippen LogP contribution in [0.5, 0.6) is 0 Å². The molecule has 0 N–H and O–H groups in total. The summed E-state index contributed by atoms with van der Waals surface area (Å²) in [5.74, 6) is 1.34. The van der Waals surface area contributed by atoms with Crippen LogP contribution in [0.3, 0.4) is 0 Å². The Labute approximate surface area is 251 Å². The molecule has 0 aliphatic carbocycles. The van der Waals surface area contributed by atoms with E-state index in [9.17, 15) is 0 Å². The van der Waals surface area contributed by atoms with Gasteiger partial charge in [-0.3, -0.25) is 4.44 Å². The summed E-state index contributed by atoms with van der Waals surface area (Å²) in [6.07, 6.45) is 10.4. The SMILES string of the molecule is CCCCN(P1C[C@@H](c2ccccc2)CC[C@@H]1c1ccccc1)P1C[C@@H](c2ccccc2)CC[C@@H]1c1ccccc1. The van der Waals surface area contributed by atoms with Crippen molar-refractivity contribution < 1.29 is 0 Å². The van der Waals surface area contributed by atoms with Crippen molar-refractivity contribution in [3.63, 3.8) is 0 Å². The van der Waals surface area contributed by atoms with Crippen LogP contribution in [0.15, 0.2) is 121 Å². The van der Waals surface area contributed by atoms with Gasteiger partial charge in [0, 0.05) is 17.9 Å². The summed E-state index contributed by atoms with van der Waals surface area (Å²) < 4.78 is 3.19. The molecule has 0 radical (unpaired) electrons. The van der Waals surface area contributed by atoms with Gasteiger partial charge in [-0.05, 0) is 94.7 Å². The van der Waals surface area contributed by atoms with E-state index in [4.69, 9.17) is 0 Å². The zero-order chi connectivity index (χ0) is 27.9. The molecule has 1 nitrogen and oxygen atoms in total. The van der Waals surface area contributed by atoms with Crippen molar-refractivity contribution >= 4 is 16.1 Å². The first-order valence-electron chi connectivity index (χ1n) is 15.8. The molecule has 2 aliphatic heterocycles. The lowest BCUT2D eigenvalue weighted by molar-refractivity contribution is 0.531. The van der Waals surface area contributed by atoms with E-state index in [1.165, 1.54) is 57.4 Å². The minimum absolute atomic E-state index is 0.315. The Morgan fingerprint density at radius 2 is 0.878 bits per heavy atom. The van der Waals surface area contributed by atoms with Crippen LogP contribution in [-0.4, -0.2) is 23.3 Å². The molecular formula is C38H45NP2. The number of benzene rings is 4. The van der Waals surface area contributed by atoms with Crippen LogP contribution in [0.25, 0.3) is 0 Å². The molecule has 0 spiro atoms. The van der Waals surface area contributed by atoms with Crippen LogP contribution in [0, 0.1) is 0 Å². The van der Waals surface area contributed by atoms with Crippen molar-refractivity contribution in [1.82, 2.24) is 4.44 Å². The van der Waals surface area contributed by atoms with E-state index in [0.717, 1.165) is 0 Å². The first kappa shape index (κ1) is 28.8. The van der Waals surface area contributed by atoms with E-state index in [0.29, 0.717) is 23.2 Å². The van der Waals surface area contributed by atoms with Gasteiger partial charge in [-0.25, -0.2) is 0 Å². The summed E-state index contributed by atoms with van der Waals surface area (Å²) in [6.45, 7) is 3.63. The highest BCUT2D eigenvalue weighted by Gasteiger charge is 2.43. The Hall–Kier alpha value is -2.30. The van der Waals surface area contributed by atoms with E-state index in [1.807, 2.05) is 0 Å². The van der Waals surface area contributed by atoms with Crippen molar-refractivity contribution in [2.24, 2.45) is 0 Å². The molecule has 0 aromatic heterocycles. The molecule has 0 bridgehead atoms. The Morgan fingerprint density at radius 1 is 0.512 bits per heavy atom. The van der Waals surface area contributed by atoms with E-state index < -0.39 is 0 Å². The Balaban J connectivity index is 1.40. The second kappa shape index (κ2) is 14.2. The molecule has 4 aromatic carbocycles. The maximum atomic E-state index is 3.19. The highest BCUT2D eigenvalue weighted by Crippen LogP contribution is 2.74. The van der Waals surface area contributed by atoms with Crippen molar-refractivity contribution in [2.75, 3.05) is 18.9 Å². The topological polar surface area (TPSA) is 3.24 Å². The molecule has 41 heavy (non-hydrogen) atoms. The van der Waals surface area contributed by atoms with E-state index in [1.54, 1.807) is 22.3 Å². The predicted octanol–water partition coefficient (Wildman–Crippen LogP) is 11.5. The average molecular weight is 578 g/mol. The van der Waals surface area contributed by atoms with Crippen LogP contribution >= 0.6 is 16.1 Å². The zero-order valence-corrected chi connectivity index (χ0v) is 26.4. The fourth-order valence-corrected chi connectivity index (χ4v) is 15.5. The van der Waals surface area contributed by atoms with Crippen LogP contribution in [0.2, 0.25) is 0 Å². The summed E-state index contributed by atoms with van der Waals surface area (Å²) in [7, 11) is -0.630. The number of unbranched alkanes of at least 4 members (excludes halogenated alkanes) is 1. The molecule has 4 aromatic rings. The molecule has 0 amide bonds. The lowest BCUT2D eigenvalue weighted by Gasteiger charge is -2.51. The van der Waals surface area contributed by atoms with Gasteiger partial charge < -0.3 is 0 Å². The summed E-state index contributed by atoms with van der Waals surface area (Å²) in [5.41, 5.74) is 7.60. The Kier molecular flexibility index (Phi) is 10.0. The normalized spacial score (nSPS) is 26.6. The van der Waals surface area contributed by atoms with Crippen LogP contribution in [0.1, 0.15) is 90.9 Å². The van der Waals surface area contributed by atoms with E-state index in [-0.39, 0.29) is 16.1 Å². The molecule has 2 aliphatic rings. The fraction of sp³-hybridized carbons (Fsp3) is 0.368. The monoisotopic (exact) mass is 577 g/mol. The smallest absolute Gasteiger partial charge is 0.0177 e. The first-order valence-corrected chi connectivity index (χ1v) is 18.9. The molecule has 2 unspecified atom stereocenters. The van der Waals surface area contributed by atoms with Gasteiger partial charge in [0.1, 0.15) is 0 Å². The minimum Gasteiger partial charge on any atom is -0.259 e.